The predicted octanol–water partition coefficient (Wildman–Crippen LogP) is 1.57. The highest BCUT2D eigenvalue weighted by atomic mass is 32.1. The summed E-state index contributed by atoms with van der Waals surface area (Å²) < 4.78 is 11.9. The van der Waals surface area contributed by atoms with Gasteiger partial charge >= 0.3 is 0 Å². The number of anilines is 1. The Labute approximate surface area is 130 Å². The Balaban J connectivity index is 1.62. The number of hydrogen-bond donors (Lipinski definition) is 1. The van der Waals surface area contributed by atoms with Crippen molar-refractivity contribution in [1.82, 2.24) is 10.3 Å². The largest absolute Gasteiger partial charge is 0.376 e. The second kappa shape index (κ2) is 6.27. The quantitative estimate of drug-likeness (QED) is 0.923. The van der Waals surface area contributed by atoms with Crippen LogP contribution >= 0.6 is 22.7 Å². The highest BCUT2D eigenvalue weighted by molar-refractivity contribution is 7.29. The van der Waals surface area contributed by atoms with E-state index in [1.807, 2.05) is 25.1 Å². The number of rotatable bonds is 4. The number of carbonyl (C=O) groups is 1. The first-order valence-corrected chi connectivity index (χ1v) is 8.32. The van der Waals surface area contributed by atoms with Crippen molar-refractivity contribution >= 4 is 43.2 Å². The highest BCUT2D eigenvalue weighted by Gasteiger charge is 2.18. The molecule has 3 rings (SSSR count). The minimum atomic E-state index is -0.0780. The van der Waals surface area contributed by atoms with E-state index in [1.54, 1.807) is 11.3 Å². The maximum Gasteiger partial charge on any atom is 0.261 e. The Hall–Kier alpha value is -1.22. The Kier molecular flexibility index (Phi) is 4.39. The number of ether oxygens (including phenoxy) is 2. The molecule has 2 aromatic rings. The Morgan fingerprint density at radius 1 is 1.48 bits per heavy atom. The number of nitrogens with one attached hydrogen (secondary N) is 1. The molecule has 0 spiro atoms. The lowest BCUT2D eigenvalue weighted by Crippen LogP contribution is -2.39. The van der Waals surface area contributed by atoms with Crippen molar-refractivity contribution in [1.29, 1.82) is 0 Å². The van der Waals surface area contributed by atoms with Gasteiger partial charge in [0.1, 0.15) is 4.83 Å². The van der Waals surface area contributed by atoms with Crippen LogP contribution in [0.5, 0.6) is 0 Å². The minimum Gasteiger partial charge on any atom is -0.376 e. The molecule has 0 aliphatic carbocycles. The number of amides is 1. The predicted molar refractivity (Wildman–Crippen MR) is 84.7 cm³/mol. The van der Waals surface area contributed by atoms with Gasteiger partial charge in [0.25, 0.3) is 5.91 Å². The maximum absolute atomic E-state index is 12.1. The third-order valence-electron chi connectivity index (χ3n) is 3.06. The smallest absolute Gasteiger partial charge is 0.261 e. The number of thiophene rings is 1. The first-order chi connectivity index (χ1) is 10.1. The van der Waals surface area contributed by atoms with Crippen molar-refractivity contribution in [3.05, 3.63) is 10.9 Å². The molecule has 0 bridgehead atoms. The molecular weight excluding hydrogens is 310 g/mol. The summed E-state index contributed by atoms with van der Waals surface area (Å²) in [4.78, 5) is 20.2. The van der Waals surface area contributed by atoms with Crippen molar-refractivity contribution in [2.24, 2.45) is 0 Å². The van der Waals surface area contributed by atoms with Gasteiger partial charge in [-0.25, -0.2) is 4.98 Å². The monoisotopic (exact) mass is 327 g/mol. The van der Waals surface area contributed by atoms with Gasteiger partial charge in [-0.2, -0.15) is 0 Å². The van der Waals surface area contributed by atoms with Gasteiger partial charge in [0.05, 0.1) is 35.5 Å². The van der Waals surface area contributed by atoms with Crippen LogP contribution < -0.4 is 10.2 Å². The molecule has 0 unspecified atom stereocenters. The fraction of sp³-hybridized carbons (Fsp3) is 0.538. The Morgan fingerprint density at radius 3 is 3.00 bits per heavy atom. The first-order valence-electron chi connectivity index (χ1n) is 6.68. The first kappa shape index (κ1) is 14.7. The van der Waals surface area contributed by atoms with E-state index in [0.717, 1.165) is 14.7 Å². The number of aromatic nitrogens is 1. The van der Waals surface area contributed by atoms with E-state index < -0.39 is 0 Å². The summed E-state index contributed by atoms with van der Waals surface area (Å²) in [5.41, 5.74) is 0. The normalized spacial score (nSPS) is 18.9. The van der Waals surface area contributed by atoms with Crippen LogP contribution in [0.15, 0.2) is 6.07 Å². The zero-order valence-corrected chi connectivity index (χ0v) is 13.6. The number of hydrogen-bond acceptors (Lipinski definition) is 7. The molecule has 2 aromatic heterocycles. The van der Waals surface area contributed by atoms with E-state index in [-0.39, 0.29) is 12.0 Å². The molecule has 1 saturated heterocycles. The van der Waals surface area contributed by atoms with Gasteiger partial charge in [0.2, 0.25) is 0 Å². The van der Waals surface area contributed by atoms with Crippen molar-refractivity contribution in [3.8, 4) is 0 Å². The fourth-order valence-corrected chi connectivity index (χ4v) is 4.02. The molecule has 21 heavy (non-hydrogen) atoms. The fourth-order valence-electron chi connectivity index (χ4n) is 1.98. The summed E-state index contributed by atoms with van der Waals surface area (Å²) in [6.07, 6.45) is -0.0535. The molecule has 1 amide bonds. The zero-order valence-electron chi connectivity index (χ0n) is 11.9. The molecule has 1 N–H and O–H groups in total. The lowest BCUT2D eigenvalue weighted by molar-refractivity contribution is -0.0855. The second-order valence-corrected chi connectivity index (χ2v) is 6.99. The van der Waals surface area contributed by atoms with Crippen molar-refractivity contribution in [3.63, 3.8) is 0 Å². The average Bonchev–Trinajstić information content (AvgIpc) is 3.04. The van der Waals surface area contributed by atoms with Crippen LogP contribution in [0.3, 0.4) is 0 Å². The van der Waals surface area contributed by atoms with Crippen LogP contribution in [0, 0.1) is 0 Å². The number of thiazole rings is 1. The summed E-state index contributed by atoms with van der Waals surface area (Å²) in [7, 11) is 3.92. The van der Waals surface area contributed by atoms with Gasteiger partial charge in [0.15, 0.2) is 5.13 Å². The van der Waals surface area contributed by atoms with Crippen LogP contribution in [-0.2, 0) is 9.47 Å². The topological polar surface area (TPSA) is 63.7 Å². The number of fused-ring (bicyclic) bond motifs is 1. The van der Waals surface area contributed by atoms with E-state index >= 15 is 0 Å². The zero-order chi connectivity index (χ0) is 14.8. The molecule has 1 atom stereocenters. The van der Waals surface area contributed by atoms with Crippen LogP contribution in [-0.4, -0.2) is 57.5 Å². The lowest BCUT2D eigenvalue weighted by atomic mass is 10.3. The maximum atomic E-state index is 12.1. The summed E-state index contributed by atoms with van der Waals surface area (Å²) in [5, 5.41) is 3.84. The van der Waals surface area contributed by atoms with Gasteiger partial charge < -0.3 is 19.7 Å². The third-order valence-corrected chi connectivity index (χ3v) is 5.39. The van der Waals surface area contributed by atoms with Crippen LogP contribution in [0.25, 0.3) is 9.53 Å². The Bertz CT molecular complexity index is 600. The van der Waals surface area contributed by atoms with Crippen molar-refractivity contribution < 1.29 is 14.3 Å². The lowest BCUT2D eigenvalue weighted by Gasteiger charge is -2.22. The van der Waals surface area contributed by atoms with E-state index in [9.17, 15) is 4.79 Å². The minimum absolute atomic E-state index is 0.0535. The van der Waals surface area contributed by atoms with Crippen LogP contribution in [0.4, 0.5) is 5.13 Å². The summed E-state index contributed by atoms with van der Waals surface area (Å²) in [6, 6.07) is 1.90. The molecular formula is C13H17N3O3S2. The second-order valence-electron chi connectivity index (χ2n) is 4.95. The summed E-state index contributed by atoms with van der Waals surface area (Å²) in [5.74, 6) is -0.0780. The van der Waals surface area contributed by atoms with E-state index in [0.29, 0.717) is 31.2 Å². The molecule has 1 fully saturated rings. The third kappa shape index (κ3) is 3.34. The summed E-state index contributed by atoms with van der Waals surface area (Å²) >= 11 is 3.01. The SMILES string of the molecule is CN(C)c1nc2sc(C(=O)NC[C@@H]3COCCO3)cc2s1. The molecule has 8 heteroatoms. The molecule has 0 aromatic carbocycles. The summed E-state index contributed by atoms with van der Waals surface area (Å²) in [6.45, 7) is 2.23. The molecule has 3 heterocycles. The van der Waals surface area contributed by atoms with E-state index in [1.165, 1.54) is 11.3 Å². The van der Waals surface area contributed by atoms with Crippen molar-refractivity contribution in [2.75, 3.05) is 45.4 Å². The van der Waals surface area contributed by atoms with Gasteiger partial charge in [-0.05, 0) is 6.07 Å². The molecule has 1 aliphatic heterocycles. The molecule has 114 valence electrons. The van der Waals surface area contributed by atoms with Gasteiger partial charge in [-0.1, -0.05) is 11.3 Å². The van der Waals surface area contributed by atoms with Crippen LogP contribution in [0.1, 0.15) is 9.67 Å². The highest BCUT2D eigenvalue weighted by Crippen LogP contribution is 2.33. The van der Waals surface area contributed by atoms with Crippen LogP contribution in [0.2, 0.25) is 0 Å². The molecule has 0 saturated carbocycles. The standard InChI is InChI=1S/C13H17N3O3S2/c1-16(2)13-15-12-10(21-13)5-9(20-12)11(17)14-6-8-7-18-3-4-19-8/h5,8H,3-4,6-7H2,1-2H3,(H,14,17)/t8-/m1/s1. The van der Waals surface area contributed by atoms with Gasteiger partial charge in [-0.3, -0.25) is 4.79 Å². The van der Waals surface area contributed by atoms with E-state index in [2.05, 4.69) is 10.3 Å². The molecule has 6 nitrogen and oxygen atoms in total. The average molecular weight is 327 g/mol. The number of carbonyl (C=O) groups excluding carboxylic acids is 1. The molecule has 1 aliphatic rings. The number of nitrogens with zero attached hydrogens (tertiary/aromatic N) is 2. The molecule has 0 radical (unpaired) electrons. The Morgan fingerprint density at radius 2 is 2.33 bits per heavy atom. The van der Waals surface area contributed by atoms with E-state index in [4.69, 9.17) is 9.47 Å². The van der Waals surface area contributed by atoms with Gasteiger partial charge in [0, 0.05) is 20.6 Å². The van der Waals surface area contributed by atoms with Gasteiger partial charge in [-0.15, -0.1) is 11.3 Å². The van der Waals surface area contributed by atoms with Crippen molar-refractivity contribution in [2.45, 2.75) is 6.10 Å².